The number of hydrogen-bond acceptors (Lipinski definition) is 5. The van der Waals surface area contributed by atoms with Crippen LogP contribution in [0.5, 0.6) is 5.75 Å². The molecule has 1 saturated carbocycles. The molecule has 1 unspecified atom stereocenters. The largest absolute Gasteiger partial charge is 0.489 e. The van der Waals surface area contributed by atoms with E-state index in [2.05, 4.69) is 9.64 Å². The summed E-state index contributed by atoms with van der Waals surface area (Å²) in [7, 11) is 0. The molecule has 2 heterocycles. The fourth-order valence-electron chi connectivity index (χ4n) is 5.11. The minimum absolute atomic E-state index is 0.0741. The smallest absolute Gasteiger partial charge is 0.293 e. The van der Waals surface area contributed by atoms with Crippen LogP contribution in [0, 0.1) is 11.6 Å². The third-order valence-electron chi connectivity index (χ3n) is 7.31. The van der Waals surface area contributed by atoms with Crippen molar-refractivity contribution in [3.8, 4) is 5.75 Å². The molecule has 5 rings (SSSR count). The van der Waals surface area contributed by atoms with E-state index in [0.29, 0.717) is 49.3 Å². The molecule has 2 aliphatic heterocycles. The maximum absolute atomic E-state index is 15.0. The summed E-state index contributed by atoms with van der Waals surface area (Å²) in [6.45, 7) is 9.53. The van der Waals surface area contributed by atoms with Gasteiger partial charge in [0.2, 0.25) is 0 Å². The molecule has 40 heavy (non-hydrogen) atoms. The number of likely N-dealkylation sites (tertiary alicyclic amines) is 2. The molecular weight excluding hydrogens is 538 g/mol. The third-order valence-corrected chi connectivity index (χ3v) is 7.66. The summed E-state index contributed by atoms with van der Waals surface area (Å²) in [6, 6.07) is 7.65. The van der Waals surface area contributed by atoms with Gasteiger partial charge in [0.1, 0.15) is 29.1 Å². The summed E-state index contributed by atoms with van der Waals surface area (Å²) in [5.41, 5.74) is 1.69. The molecule has 0 radical (unpaired) electrons. The van der Waals surface area contributed by atoms with Crippen LogP contribution in [0.4, 0.5) is 8.78 Å². The van der Waals surface area contributed by atoms with Gasteiger partial charge in [0.05, 0.1) is 5.56 Å². The summed E-state index contributed by atoms with van der Waals surface area (Å²) >= 11 is 6.21. The molecule has 1 atom stereocenters. The number of nitrogens with zero attached hydrogens (tertiary/aromatic N) is 2. The minimum atomic E-state index is -0.503. The molecule has 2 saturated heterocycles. The van der Waals surface area contributed by atoms with Crippen LogP contribution in [0.1, 0.15) is 86.7 Å². The maximum Gasteiger partial charge on any atom is 0.293 e. The Hall–Kier alpha value is -2.71. The zero-order valence-electron chi connectivity index (χ0n) is 23.6. The van der Waals surface area contributed by atoms with Gasteiger partial charge >= 0.3 is 0 Å². The van der Waals surface area contributed by atoms with Gasteiger partial charge in [-0.3, -0.25) is 14.5 Å². The average molecular weight is 577 g/mol. The highest BCUT2D eigenvalue weighted by atomic mass is 35.5. The van der Waals surface area contributed by atoms with E-state index in [0.717, 1.165) is 56.2 Å². The van der Waals surface area contributed by atoms with Crippen LogP contribution in [-0.2, 0) is 16.1 Å². The first-order chi connectivity index (χ1) is 19.0. The van der Waals surface area contributed by atoms with Gasteiger partial charge in [-0.15, -0.1) is 0 Å². The van der Waals surface area contributed by atoms with Crippen LogP contribution in [-0.4, -0.2) is 60.1 Å². The van der Waals surface area contributed by atoms with Crippen molar-refractivity contribution in [3.05, 3.63) is 63.7 Å². The number of hydrogen-bond donors (Lipinski definition) is 0. The van der Waals surface area contributed by atoms with Crippen molar-refractivity contribution in [2.45, 2.75) is 83.5 Å². The lowest BCUT2D eigenvalue weighted by Crippen LogP contribution is -2.40. The first-order valence-electron chi connectivity index (χ1n) is 14.1. The summed E-state index contributed by atoms with van der Waals surface area (Å²) in [4.78, 5) is 26.4. The summed E-state index contributed by atoms with van der Waals surface area (Å²) in [6.07, 6.45) is 5.80. The quantitative estimate of drug-likeness (QED) is 0.342. The molecule has 0 spiro atoms. The first kappa shape index (κ1) is 30.3. The molecule has 2 aromatic carbocycles. The summed E-state index contributed by atoms with van der Waals surface area (Å²) in [5.74, 6) is -0.150. The van der Waals surface area contributed by atoms with Gasteiger partial charge in [-0.05, 0) is 101 Å². The third kappa shape index (κ3) is 8.40. The number of carbonyl (C=O) groups excluding carboxylic acids is 2. The highest BCUT2D eigenvalue weighted by Gasteiger charge is 2.32. The Bertz CT molecular complexity index is 1190. The van der Waals surface area contributed by atoms with Gasteiger partial charge in [-0.2, -0.15) is 0 Å². The Balaban J connectivity index is 0.000000470. The SMILES string of the molecule is CC(C)(C)OC=O.O=C(c1cc(C2CC2)c(OC2CCCN(Cc3ccc(F)cc3Cl)C2)cc1F)N1CCCC1. The maximum atomic E-state index is 15.0. The molecule has 2 aromatic rings. The minimum Gasteiger partial charge on any atom is -0.489 e. The average Bonchev–Trinajstić information content (AvgIpc) is 3.58. The molecule has 1 amide bonds. The Kier molecular flexibility index (Phi) is 10.1. The van der Waals surface area contributed by atoms with E-state index in [1.807, 2.05) is 20.8 Å². The fourth-order valence-corrected chi connectivity index (χ4v) is 5.34. The van der Waals surface area contributed by atoms with Gasteiger partial charge in [-0.1, -0.05) is 17.7 Å². The summed E-state index contributed by atoms with van der Waals surface area (Å²) in [5, 5.41) is 0.425. The van der Waals surface area contributed by atoms with Gasteiger partial charge in [-0.25, -0.2) is 8.78 Å². The van der Waals surface area contributed by atoms with Crippen molar-refractivity contribution in [1.29, 1.82) is 0 Å². The van der Waals surface area contributed by atoms with Crippen LogP contribution < -0.4 is 4.74 Å². The Morgan fingerprint density at radius 3 is 2.38 bits per heavy atom. The van der Waals surface area contributed by atoms with Crippen LogP contribution >= 0.6 is 11.6 Å². The predicted octanol–water partition coefficient (Wildman–Crippen LogP) is 6.73. The lowest BCUT2D eigenvalue weighted by atomic mass is 10.0. The molecular formula is C31H39ClF2N2O4. The predicted molar refractivity (Wildman–Crippen MR) is 151 cm³/mol. The van der Waals surface area contributed by atoms with Crippen LogP contribution in [0.3, 0.4) is 0 Å². The molecule has 0 N–H and O–H groups in total. The molecule has 0 bridgehead atoms. The van der Waals surface area contributed by atoms with Crippen LogP contribution in [0.15, 0.2) is 30.3 Å². The zero-order chi connectivity index (χ0) is 28.9. The number of ether oxygens (including phenoxy) is 2. The Morgan fingerprint density at radius 1 is 1.05 bits per heavy atom. The second-order valence-corrected chi connectivity index (χ2v) is 12.2. The Labute approximate surface area is 240 Å². The molecule has 1 aliphatic carbocycles. The van der Waals surface area contributed by atoms with Crippen LogP contribution in [0.2, 0.25) is 5.02 Å². The van der Waals surface area contributed by atoms with E-state index < -0.39 is 5.82 Å². The van der Waals surface area contributed by atoms with E-state index in [4.69, 9.17) is 16.3 Å². The summed E-state index contributed by atoms with van der Waals surface area (Å²) < 4.78 is 39.3. The first-order valence-corrected chi connectivity index (χ1v) is 14.5. The topological polar surface area (TPSA) is 59.1 Å². The highest BCUT2D eigenvalue weighted by molar-refractivity contribution is 6.31. The number of rotatable bonds is 7. The fraction of sp³-hybridized carbons (Fsp3) is 0.548. The van der Waals surface area contributed by atoms with Crippen molar-refractivity contribution in [1.82, 2.24) is 9.80 Å². The van der Waals surface area contributed by atoms with Gasteiger partial charge in [0, 0.05) is 37.3 Å². The van der Waals surface area contributed by atoms with Crippen molar-refractivity contribution >= 4 is 24.0 Å². The molecule has 9 heteroatoms. The van der Waals surface area contributed by atoms with Gasteiger partial charge in [0.15, 0.2) is 0 Å². The second-order valence-electron chi connectivity index (χ2n) is 11.8. The molecule has 0 aromatic heterocycles. The highest BCUT2D eigenvalue weighted by Crippen LogP contribution is 2.45. The van der Waals surface area contributed by atoms with Gasteiger partial charge in [0.25, 0.3) is 12.4 Å². The number of carbonyl (C=O) groups is 2. The molecule has 218 valence electrons. The number of benzene rings is 2. The monoisotopic (exact) mass is 576 g/mol. The van der Waals surface area contributed by atoms with Gasteiger partial charge < -0.3 is 14.4 Å². The number of amides is 1. The molecule has 6 nitrogen and oxygen atoms in total. The van der Waals surface area contributed by atoms with Crippen molar-refractivity contribution in [3.63, 3.8) is 0 Å². The zero-order valence-corrected chi connectivity index (χ0v) is 24.3. The molecule has 3 fully saturated rings. The van der Waals surface area contributed by atoms with E-state index in [1.54, 1.807) is 17.0 Å². The lowest BCUT2D eigenvalue weighted by Gasteiger charge is -2.33. The Morgan fingerprint density at radius 2 is 1.77 bits per heavy atom. The van der Waals surface area contributed by atoms with E-state index in [-0.39, 0.29) is 29.0 Å². The lowest BCUT2D eigenvalue weighted by molar-refractivity contribution is -0.138. The van der Waals surface area contributed by atoms with E-state index in [1.165, 1.54) is 18.2 Å². The van der Waals surface area contributed by atoms with Crippen LogP contribution in [0.25, 0.3) is 0 Å². The number of halogens is 3. The number of piperidine rings is 1. The van der Waals surface area contributed by atoms with Crippen molar-refractivity contribution in [2.75, 3.05) is 26.2 Å². The van der Waals surface area contributed by atoms with E-state index in [9.17, 15) is 14.0 Å². The van der Waals surface area contributed by atoms with Crippen molar-refractivity contribution in [2.24, 2.45) is 0 Å². The van der Waals surface area contributed by atoms with Crippen molar-refractivity contribution < 1.29 is 27.8 Å². The standard InChI is InChI=1S/C26H29ClF2N2O2.C5H10O2/c27-23-12-19(28)8-7-18(23)15-30-9-3-4-20(16-30)33-25-14-24(29)22(13-21(25)17-5-6-17)26(32)31-10-1-2-11-31;1-5(2,3)7-4-6/h7-8,12-14,17,20H,1-6,9-11,15-16H2;4H,1-3H3. The van der Waals surface area contributed by atoms with E-state index >= 15 is 4.39 Å². The molecule has 3 aliphatic rings. The normalized spacial score (nSPS) is 19.6. The second kappa shape index (κ2) is 13.3.